The molecule has 0 saturated carbocycles. The van der Waals surface area contributed by atoms with Crippen molar-refractivity contribution in [1.82, 2.24) is 4.90 Å². The van der Waals surface area contributed by atoms with Crippen molar-refractivity contribution in [2.75, 3.05) is 13.1 Å². The molecule has 2 heteroatoms. The van der Waals surface area contributed by atoms with E-state index in [0.717, 1.165) is 31.5 Å². The first kappa shape index (κ1) is 21.7. The van der Waals surface area contributed by atoms with Gasteiger partial charge in [0.25, 0.3) is 5.91 Å². The Labute approximate surface area is 156 Å². The average molecular weight is 346 g/mol. The Kier molecular flexibility index (Phi) is 9.85. The maximum absolute atomic E-state index is 13.0. The van der Waals surface area contributed by atoms with Crippen molar-refractivity contribution < 1.29 is 4.79 Å². The predicted molar refractivity (Wildman–Crippen MR) is 109 cm³/mol. The highest BCUT2D eigenvalue weighted by Crippen LogP contribution is 2.22. The molecule has 142 valence electrons. The molecule has 2 nitrogen and oxygen atoms in total. The van der Waals surface area contributed by atoms with Crippen LogP contribution in [0, 0.1) is 0 Å². The summed E-state index contributed by atoms with van der Waals surface area (Å²) in [5, 5.41) is 0. The second kappa shape index (κ2) is 11.3. The largest absolute Gasteiger partial charge is 0.339 e. The Morgan fingerprint density at radius 2 is 1.28 bits per heavy atom. The molecule has 0 aromatic heterocycles. The third-order valence-electron chi connectivity index (χ3n) is 4.85. The van der Waals surface area contributed by atoms with Gasteiger partial charge < -0.3 is 4.90 Å². The number of rotatable bonds is 11. The van der Waals surface area contributed by atoms with Gasteiger partial charge in [0.05, 0.1) is 0 Å². The van der Waals surface area contributed by atoms with Crippen LogP contribution in [0.3, 0.4) is 0 Å². The Bertz CT molecular complexity index is 472. The summed E-state index contributed by atoms with van der Waals surface area (Å²) in [7, 11) is 0. The van der Waals surface area contributed by atoms with Crippen LogP contribution >= 0.6 is 0 Å². The van der Waals surface area contributed by atoms with E-state index in [2.05, 4.69) is 51.7 Å². The van der Waals surface area contributed by atoms with Crippen LogP contribution in [-0.4, -0.2) is 23.9 Å². The van der Waals surface area contributed by atoms with Crippen molar-refractivity contribution in [2.24, 2.45) is 0 Å². The number of hydrogen-bond donors (Lipinski definition) is 0. The number of hydrogen-bond acceptors (Lipinski definition) is 1. The van der Waals surface area contributed by atoms with Gasteiger partial charge in [-0.15, -0.1) is 0 Å². The maximum atomic E-state index is 13.0. The van der Waals surface area contributed by atoms with Gasteiger partial charge in [-0.05, 0) is 36.0 Å². The molecule has 1 aromatic carbocycles. The fraction of sp³-hybridized carbons (Fsp3) is 0.696. The van der Waals surface area contributed by atoms with E-state index < -0.39 is 0 Å². The smallest absolute Gasteiger partial charge is 0.253 e. The Morgan fingerprint density at radius 1 is 0.800 bits per heavy atom. The molecule has 0 spiro atoms. The van der Waals surface area contributed by atoms with Crippen molar-refractivity contribution in [2.45, 2.75) is 91.4 Å². The second-order valence-electron chi connectivity index (χ2n) is 8.24. The first-order valence-electron chi connectivity index (χ1n) is 10.3. The van der Waals surface area contributed by atoms with Crippen LogP contribution in [0.5, 0.6) is 0 Å². The van der Waals surface area contributed by atoms with Gasteiger partial charge in [-0.2, -0.15) is 0 Å². The van der Waals surface area contributed by atoms with Crippen LogP contribution in [0.15, 0.2) is 24.3 Å². The minimum absolute atomic E-state index is 0.127. The van der Waals surface area contributed by atoms with Gasteiger partial charge in [-0.3, -0.25) is 4.79 Å². The lowest BCUT2D eigenvalue weighted by Gasteiger charge is -2.24. The number of unbranched alkanes of at least 4 members (excludes halogenated alkanes) is 6. The summed E-state index contributed by atoms with van der Waals surface area (Å²) in [6.07, 6.45) is 9.67. The Morgan fingerprint density at radius 3 is 1.68 bits per heavy atom. The zero-order valence-corrected chi connectivity index (χ0v) is 17.2. The Hall–Kier alpha value is -1.31. The molecule has 1 rings (SSSR count). The number of amides is 1. The number of benzene rings is 1. The van der Waals surface area contributed by atoms with Crippen molar-refractivity contribution in [1.29, 1.82) is 0 Å². The van der Waals surface area contributed by atoms with Crippen molar-refractivity contribution in [3.05, 3.63) is 35.4 Å². The number of nitrogens with zero attached hydrogens (tertiary/aromatic N) is 1. The summed E-state index contributed by atoms with van der Waals surface area (Å²) >= 11 is 0. The molecule has 0 unspecified atom stereocenters. The lowest BCUT2D eigenvalue weighted by Crippen LogP contribution is -2.33. The summed E-state index contributed by atoms with van der Waals surface area (Å²) in [6.45, 7) is 12.9. The fourth-order valence-corrected chi connectivity index (χ4v) is 3.07. The third-order valence-corrected chi connectivity index (χ3v) is 4.85. The first-order valence-corrected chi connectivity index (χ1v) is 10.3. The Balaban J connectivity index is 2.71. The van der Waals surface area contributed by atoms with E-state index in [4.69, 9.17) is 0 Å². The molecule has 0 atom stereocenters. The molecule has 0 aliphatic rings. The van der Waals surface area contributed by atoms with Gasteiger partial charge in [0.2, 0.25) is 0 Å². The monoisotopic (exact) mass is 345 g/mol. The molecule has 0 fully saturated rings. The van der Waals surface area contributed by atoms with E-state index >= 15 is 0 Å². The van der Waals surface area contributed by atoms with E-state index in [1.807, 2.05) is 12.1 Å². The maximum Gasteiger partial charge on any atom is 0.253 e. The molecule has 1 aromatic rings. The molecule has 0 saturated heterocycles. The highest BCUT2D eigenvalue weighted by Gasteiger charge is 2.17. The topological polar surface area (TPSA) is 20.3 Å². The quantitative estimate of drug-likeness (QED) is 0.414. The first-order chi connectivity index (χ1) is 11.9. The van der Waals surface area contributed by atoms with E-state index in [1.54, 1.807) is 0 Å². The lowest BCUT2D eigenvalue weighted by molar-refractivity contribution is 0.0749. The fourth-order valence-electron chi connectivity index (χ4n) is 3.07. The highest BCUT2D eigenvalue weighted by atomic mass is 16.2. The molecule has 1 amide bonds. The third kappa shape index (κ3) is 8.07. The second-order valence-corrected chi connectivity index (χ2v) is 8.24. The van der Waals surface area contributed by atoms with Gasteiger partial charge in [0.15, 0.2) is 0 Å². The number of carbonyl (C=O) groups is 1. The molecule has 0 heterocycles. The highest BCUT2D eigenvalue weighted by molar-refractivity contribution is 5.94. The average Bonchev–Trinajstić information content (AvgIpc) is 2.59. The van der Waals surface area contributed by atoms with Gasteiger partial charge in [-0.25, -0.2) is 0 Å². The molecule has 0 radical (unpaired) electrons. The normalized spacial score (nSPS) is 11.6. The van der Waals surface area contributed by atoms with Crippen molar-refractivity contribution in [3.8, 4) is 0 Å². The summed E-state index contributed by atoms with van der Waals surface area (Å²) in [5.41, 5.74) is 2.24. The molecule has 25 heavy (non-hydrogen) atoms. The zero-order chi connectivity index (χ0) is 18.7. The van der Waals surface area contributed by atoms with E-state index in [-0.39, 0.29) is 11.3 Å². The zero-order valence-electron chi connectivity index (χ0n) is 17.2. The molecular weight excluding hydrogens is 306 g/mol. The molecule has 0 aliphatic carbocycles. The standard InChI is InChI=1S/C23H39NO/c1-6-8-10-12-18-24(19-13-11-9-7-2)22(25)20-14-16-21(17-15-20)23(3,4)5/h14-17H,6-13,18-19H2,1-5H3. The summed E-state index contributed by atoms with van der Waals surface area (Å²) < 4.78 is 0. The van der Waals surface area contributed by atoms with Gasteiger partial charge in [0.1, 0.15) is 0 Å². The van der Waals surface area contributed by atoms with E-state index in [1.165, 1.54) is 44.1 Å². The molecular formula is C23H39NO. The summed E-state index contributed by atoms with van der Waals surface area (Å²) in [5.74, 6) is 0.202. The SMILES string of the molecule is CCCCCCN(CCCCCC)C(=O)c1ccc(C(C)(C)C)cc1. The minimum atomic E-state index is 0.127. The number of carbonyl (C=O) groups excluding carboxylic acids is 1. The molecule has 0 aliphatic heterocycles. The van der Waals surface area contributed by atoms with Crippen LogP contribution in [-0.2, 0) is 5.41 Å². The van der Waals surface area contributed by atoms with Crippen LogP contribution in [0.25, 0.3) is 0 Å². The van der Waals surface area contributed by atoms with Gasteiger partial charge in [-0.1, -0.05) is 85.3 Å². The van der Waals surface area contributed by atoms with E-state index in [9.17, 15) is 4.79 Å². The van der Waals surface area contributed by atoms with Crippen LogP contribution in [0.2, 0.25) is 0 Å². The van der Waals surface area contributed by atoms with Gasteiger partial charge in [0, 0.05) is 18.7 Å². The van der Waals surface area contributed by atoms with Crippen molar-refractivity contribution >= 4 is 5.91 Å². The minimum Gasteiger partial charge on any atom is -0.339 e. The predicted octanol–water partition coefficient (Wildman–Crippen LogP) is 6.59. The van der Waals surface area contributed by atoms with Crippen LogP contribution in [0.4, 0.5) is 0 Å². The molecule has 0 N–H and O–H groups in total. The summed E-state index contributed by atoms with van der Waals surface area (Å²) in [4.78, 5) is 15.0. The van der Waals surface area contributed by atoms with Crippen LogP contribution in [0.1, 0.15) is 102 Å². The van der Waals surface area contributed by atoms with Crippen LogP contribution < -0.4 is 0 Å². The lowest BCUT2D eigenvalue weighted by atomic mass is 9.86. The summed E-state index contributed by atoms with van der Waals surface area (Å²) in [6, 6.07) is 8.24. The molecule has 0 bridgehead atoms. The van der Waals surface area contributed by atoms with Gasteiger partial charge >= 0.3 is 0 Å². The van der Waals surface area contributed by atoms with E-state index in [0.29, 0.717) is 0 Å². The van der Waals surface area contributed by atoms with Crippen molar-refractivity contribution in [3.63, 3.8) is 0 Å².